The predicted molar refractivity (Wildman–Crippen MR) is 114 cm³/mol. The van der Waals surface area contributed by atoms with Crippen LogP contribution >= 0.6 is 0 Å². The normalized spacial score (nSPS) is 17.7. The van der Waals surface area contributed by atoms with Crippen LogP contribution in [0.1, 0.15) is 22.7 Å². The standard InChI is InChI=1S/C24H18N2O5/c27-22(18-9-5-2-6-10-18)20-21(17-11-13-19(14-12-17)26(30)31)25(24(29)23(20)28)15-16-7-3-1-4-8-16/h1-14,21,27H,15H2/b22-20+. The summed E-state index contributed by atoms with van der Waals surface area (Å²) in [4.78, 5) is 37.8. The number of amides is 1. The van der Waals surface area contributed by atoms with Gasteiger partial charge in [0, 0.05) is 24.2 Å². The molecule has 0 spiro atoms. The molecule has 7 heteroatoms. The Morgan fingerprint density at radius 1 is 0.903 bits per heavy atom. The molecule has 1 amide bonds. The Labute approximate surface area is 178 Å². The van der Waals surface area contributed by atoms with Crippen molar-refractivity contribution in [2.45, 2.75) is 12.6 Å². The van der Waals surface area contributed by atoms with Gasteiger partial charge in [0.25, 0.3) is 17.4 Å². The first kappa shape index (κ1) is 20.0. The molecule has 0 aliphatic carbocycles. The van der Waals surface area contributed by atoms with Crippen molar-refractivity contribution in [1.29, 1.82) is 0 Å². The number of carbonyl (C=O) groups excluding carboxylic acids is 2. The van der Waals surface area contributed by atoms with Gasteiger partial charge in [-0.15, -0.1) is 0 Å². The number of Topliss-reactive ketones (excluding diaryl/α,β-unsaturated/α-hetero) is 1. The second-order valence-corrected chi connectivity index (χ2v) is 7.13. The third kappa shape index (κ3) is 3.81. The number of nitro groups is 1. The average Bonchev–Trinajstić information content (AvgIpc) is 3.05. The van der Waals surface area contributed by atoms with E-state index < -0.39 is 22.7 Å². The van der Waals surface area contributed by atoms with Crippen molar-refractivity contribution in [2.24, 2.45) is 0 Å². The van der Waals surface area contributed by atoms with E-state index in [4.69, 9.17) is 0 Å². The van der Waals surface area contributed by atoms with Crippen LogP contribution in [0.3, 0.4) is 0 Å². The highest BCUT2D eigenvalue weighted by Gasteiger charge is 2.46. The highest BCUT2D eigenvalue weighted by atomic mass is 16.6. The second-order valence-electron chi connectivity index (χ2n) is 7.13. The Morgan fingerprint density at radius 2 is 1.48 bits per heavy atom. The second kappa shape index (κ2) is 8.23. The number of ketones is 1. The van der Waals surface area contributed by atoms with Gasteiger partial charge in [0.15, 0.2) is 0 Å². The van der Waals surface area contributed by atoms with Crippen LogP contribution in [0.5, 0.6) is 0 Å². The lowest BCUT2D eigenvalue weighted by molar-refractivity contribution is -0.384. The number of benzene rings is 3. The van der Waals surface area contributed by atoms with E-state index in [2.05, 4.69) is 0 Å². The van der Waals surface area contributed by atoms with E-state index >= 15 is 0 Å². The largest absolute Gasteiger partial charge is 0.507 e. The van der Waals surface area contributed by atoms with E-state index in [-0.39, 0.29) is 23.6 Å². The van der Waals surface area contributed by atoms with Crippen LogP contribution in [-0.2, 0) is 16.1 Å². The van der Waals surface area contributed by atoms with Crippen molar-refractivity contribution in [1.82, 2.24) is 4.90 Å². The van der Waals surface area contributed by atoms with Crippen molar-refractivity contribution in [3.8, 4) is 0 Å². The molecule has 0 aromatic heterocycles. The molecule has 1 atom stereocenters. The molecule has 1 aliphatic rings. The van der Waals surface area contributed by atoms with Crippen LogP contribution in [0.15, 0.2) is 90.5 Å². The van der Waals surface area contributed by atoms with E-state index in [0.29, 0.717) is 11.1 Å². The average molecular weight is 414 g/mol. The van der Waals surface area contributed by atoms with E-state index in [1.54, 1.807) is 30.3 Å². The number of nitrogens with zero attached hydrogens (tertiary/aromatic N) is 2. The zero-order chi connectivity index (χ0) is 22.0. The molecule has 154 valence electrons. The van der Waals surface area contributed by atoms with Crippen LogP contribution in [0.25, 0.3) is 5.76 Å². The maximum Gasteiger partial charge on any atom is 0.295 e. The minimum atomic E-state index is -0.874. The van der Waals surface area contributed by atoms with Gasteiger partial charge in [0.2, 0.25) is 0 Å². The zero-order valence-corrected chi connectivity index (χ0v) is 16.3. The van der Waals surface area contributed by atoms with E-state index in [0.717, 1.165) is 5.56 Å². The summed E-state index contributed by atoms with van der Waals surface area (Å²) >= 11 is 0. The molecule has 1 heterocycles. The Bertz CT molecular complexity index is 1170. The summed E-state index contributed by atoms with van der Waals surface area (Å²) in [6, 6.07) is 22.5. The number of hydrogen-bond donors (Lipinski definition) is 1. The number of rotatable bonds is 5. The number of likely N-dealkylation sites (tertiary alicyclic amines) is 1. The first-order valence-electron chi connectivity index (χ1n) is 9.59. The zero-order valence-electron chi connectivity index (χ0n) is 16.3. The fourth-order valence-corrected chi connectivity index (χ4v) is 3.70. The van der Waals surface area contributed by atoms with Gasteiger partial charge in [-0.05, 0) is 23.3 Å². The fourth-order valence-electron chi connectivity index (χ4n) is 3.70. The van der Waals surface area contributed by atoms with Gasteiger partial charge < -0.3 is 10.0 Å². The molecular formula is C24H18N2O5. The summed E-state index contributed by atoms with van der Waals surface area (Å²) in [6.07, 6.45) is 0. The molecule has 3 aromatic carbocycles. The van der Waals surface area contributed by atoms with Crippen LogP contribution in [-0.4, -0.2) is 26.6 Å². The highest BCUT2D eigenvalue weighted by molar-refractivity contribution is 6.46. The first-order chi connectivity index (χ1) is 15.0. The third-order valence-electron chi connectivity index (χ3n) is 5.20. The molecule has 0 saturated carbocycles. The van der Waals surface area contributed by atoms with Crippen molar-refractivity contribution in [3.05, 3.63) is 117 Å². The smallest absolute Gasteiger partial charge is 0.295 e. The number of carbonyl (C=O) groups is 2. The maximum atomic E-state index is 13.0. The van der Waals surface area contributed by atoms with Gasteiger partial charge in [0.05, 0.1) is 16.5 Å². The van der Waals surface area contributed by atoms with Crippen LogP contribution in [0, 0.1) is 10.1 Å². The number of non-ortho nitro benzene ring substituents is 1. The third-order valence-corrected chi connectivity index (χ3v) is 5.20. The molecule has 3 aromatic rings. The van der Waals surface area contributed by atoms with E-state index in [9.17, 15) is 24.8 Å². The van der Waals surface area contributed by atoms with Crippen LogP contribution < -0.4 is 0 Å². The number of nitro benzene ring substituents is 1. The number of aliphatic hydroxyl groups excluding tert-OH is 1. The van der Waals surface area contributed by atoms with Crippen LogP contribution in [0.2, 0.25) is 0 Å². The fraction of sp³-hybridized carbons (Fsp3) is 0.0833. The molecular weight excluding hydrogens is 396 g/mol. The van der Waals surface area contributed by atoms with Crippen molar-refractivity contribution in [3.63, 3.8) is 0 Å². The molecule has 7 nitrogen and oxygen atoms in total. The Morgan fingerprint density at radius 3 is 2.06 bits per heavy atom. The molecule has 1 saturated heterocycles. The molecule has 0 radical (unpaired) electrons. The van der Waals surface area contributed by atoms with Crippen LogP contribution in [0.4, 0.5) is 5.69 Å². The maximum absolute atomic E-state index is 13.0. The van der Waals surface area contributed by atoms with Gasteiger partial charge in [-0.2, -0.15) is 0 Å². The lowest BCUT2D eigenvalue weighted by Crippen LogP contribution is -2.29. The first-order valence-corrected chi connectivity index (χ1v) is 9.59. The Kier molecular flexibility index (Phi) is 5.32. The van der Waals surface area contributed by atoms with Gasteiger partial charge in [-0.25, -0.2) is 0 Å². The van der Waals surface area contributed by atoms with E-state index in [1.807, 2.05) is 30.3 Å². The lowest BCUT2D eigenvalue weighted by Gasteiger charge is -2.25. The van der Waals surface area contributed by atoms with Gasteiger partial charge in [-0.3, -0.25) is 19.7 Å². The molecule has 31 heavy (non-hydrogen) atoms. The number of aliphatic hydroxyl groups is 1. The monoisotopic (exact) mass is 414 g/mol. The van der Waals surface area contributed by atoms with Crippen molar-refractivity contribution >= 4 is 23.1 Å². The van der Waals surface area contributed by atoms with Crippen molar-refractivity contribution < 1.29 is 19.6 Å². The summed E-state index contributed by atoms with van der Waals surface area (Å²) in [7, 11) is 0. The molecule has 1 N–H and O–H groups in total. The molecule has 4 rings (SSSR count). The molecule has 1 aliphatic heterocycles. The Hall–Kier alpha value is -4.26. The molecule has 1 fully saturated rings. The summed E-state index contributed by atoms with van der Waals surface area (Å²) in [5, 5.41) is 22.0. The topological polar surface area (TPSA) is 101 Å². The lowest BCUT2D eigenvalue weighted by atomic mass is 9.95. The molecule has 0 bridgehead atoms. The van der Waals surface area contributed by atoms with Crippen molar-refractivity contribution in [2.75, 3.05) is 0 Å². The van der Waals surface area contributed by atoms with Gasteiger partial charge in [-0.1, -0.05) is 60.7 Å². The SMILES string of the molecule is O=C1C(=O)N(Cc2ccccc2)C(c2ccc([N+](=O)[O-])cc2)/C1=C(\O)c1ccccc1. The Balaban J connectivity index is 1.85. The van der Waals surface area contributed by atoms with E-state index in [1.165, 1.54) is 29.2 Å². The quantitative estimate of drug-likeness (QED) is 0.222. The summed E-state index contributed by atoms with van der Waals surface area (Å²) in [6.45, 7) is 0.151. The minimum absolute atomic E-state index is 0.0408. The number of hydrogen-bond acceptors (Lipinski definition) is 5. The summed E-state index contributed by atoms with van der Waals surface area (Å²) in [5.74, 6) is -1.80. The highest BCUT2D eigenvalue weighted by Crippen LogP contribution is 2.40. The summed E-state index contributed by atoms with van der Waals surface area (Å²) < 4.78 is 0. The molecule has 1 unspecified atom stereocenters. The predicted octanol–water partition coefficient (Wildman–Crippen LogP) is 4.22. The minimum Gasteiger partial charge on any atom is -0.507 e. The summed E-state index contributed by atoms with van der Waals surface area (Å²) in [5.41, 5.74) is 1.58. The van der Waals surface area contributed by atoms with Gasteiger partial charge in [0.1, 0.15) is 5.76 Å². The van der Waals surface area contributed by atoms with Gasteiger partial charge >= 0.3 is 0 Å².